The smallest absolute Gasteiger partial charge is 0.407 e. The van der Waals surface area contributed by atoms with Crippen molar-refractivity contribution in [2.45, 2.75) is 69.4 Å². The number of amides is 3. The lowest BCUT2D eigenvalue weighted by Crippen LogP contribution is -2.59. The molecule has 9 nitrogen and oxygen atoms in total. The average Bonchev–Trinajstić information content (AvgIpc) is 3.32. The minimum absolute atomic E-state index is 0.0388. The van der Waals surface area contributed by atoms with E-state index in [0.29, 0.717) is 19.7 Å². The number of likely N-dealkylation sites (tertiary alicyclic amines) is 1. The maximum atomic E-state index is 13.8. The number of hydrogen-bond donors (Lipinski definition) is 3. The second-order valence-electron chi connectivity index (χ2n) is 12.4. The summed E-state index contributed by atoms with van der Waals surface area (Å²) in [6, 6.07) is 26.5. The van der Waals surface area contributed by atoms with Gasteiger partial charge in [0, 0.05) is 18.5 Å². The molecule has 1 saturated heterocycles. The minimum atomic E-state index is -1.14. The predicted molar refractivity (Wildman–Crippen MR) is 167 cm³/mol. The molecular formula is C35H42N4O5. The lowest BCUT2D eigenvalue weighted by Gasteiger charge is -2.41. The van der Waals surface area contributed by atoms with Crippen molar-refractivity contribution < 1.29 is 23.9 Å². The third kappa shape index (κ3) is 7.46. The van der Waals surface area contributed by atoms with Crippen LogP contribution < -0.4 is 16.4 Å². The van der Waals surface area contributed by atoms with E-state index >= 15 is 0 Å². The molecule has 0 radical (unpaired) electrons. The second-order valence-corrected chi connectivity index (χ2v) is 12.4. The van der Waals surface area contributed by atoms with Crippen molar-refractivity contribution in [1.29, 1.82) is 0 Å². The van der Waals surface area contributed by atoms with E-state index in [2.05, 4.69) is 22.8 Å². The first-order valence-corrected chi connectivity index (χ1v) is 15.2. The quantitative estimate of drug-likeness (QED) is 0.319. The van der Waals surface area contributed by atoms with E-state index in [1.807, 2.05) is 77.7 Å². The average molecular weight is 599 g/mol. The van der Waals surface area contributed by atoms with Gasteiger partial charge in [-0.1, -0.05) is 84.9 Å². The van der Waals surface area contributed by atoms with Crippen LogP contribution in [0.15, 0.2) is 84.9 Å². The van der Waals surface area contributed by atoms with Crippen LogP contribution in [0.25, 0.3) is 0 Å². The molecule has 1 heterocycles. The third-order valence-electron chi connectivity index (χ3n) is 8.62. The molecular weight excluding hydrogens is 556 g/mol. The lowest BCUT2D eigenvalue weighted by molar-refractivity contribution is -0.140. The Hall–Kier alpha value is -4.21. The minimum Gasteiger partial charge on any atom is -0.445 e. The first kappa shape index (κ1) is 31.2. The van der Waals surface area contributed by atoms with Gasteiger partial charge in [-0.05, 0) is 55.4 Å². The molecule has 4 N–H and O–H groups in total. The van der Waals surface area contributed by atoms with Gasteiger partial charge in [0.1, 0.15) is 12.6 Å². The van der Waals surface area contributed by atoms with Crippen LogP contribution in [0.1, 0.15) is 61.4 Å². The summed E-state index contributed by atoms with van der Waals surface area (Å²) in [6.45, 7) is 4.84. The maximum Gasteiger partial charge on any atom is 0.407 e. The molecule has 2 aliphatic rings. The number of nitrogens with two attached hydrogens (primary N) is 1. The van der Waals surface area contributed by atoms with Crippen molar-refractivity contribution in [3.05, 3.63) is 107 Å². The van der Waals surface area contributed by atoms with Crippen LogP contribution >= 0.6 is 0 Å². The van der Waals surface area contributed by atoms with Gasteiger partial charge in [-0.25, -0.2) is 4.79 Å². The zero-order chi connectivity index (χ0) is 31.2. The Morgan fingerprint density at radius 3 is 2.14 bits per heavy atom. The summed E-state index contributed by atoms with van der Waals surface area (Å²) in [7, 11) is 0. The number of rotatable bonds is 10. The summed E-state index contributed by atoms with van der Waals surface area (Å²) in [6.07, 6.45) is 1.76. The fourth-order valence-electron chi connectivity index (χ4n) is 6.17. The Bertz CT molecular complexity index is 1430. The van der Waals surface area contributed by atoms with Gasteiger partial charge < -0.3 is 30.7 Å². The number of alkyl carbamates (subject to hydrolysis) is 1. The SMILES string of the molecule is CC(C)(N)C(=O)N[C@H](COCc1ccccc1)C(=O)N1CCC2(CC1)CC(NC(=O)OCc1ccccc1)c1ccccc12. The van der Waals surface area contributed by atoms with E-state index in [0.717, 1.165) is 36.0 Å². The highest BCUT2D eigenvalue weighted by Gasteiger charge is 2.47. The molecule has 3 aromatic carbocycles. The summed E-state index contributed by atoms with van der Waals surface area (Å²) in [5, 5.41) is 5.91. The van der Waals surface area contributed by atoms with Gasteiger partial charge in [-0.15, -0.1) is 0 Å². The van der Waals surface area contributed by atoms with Crippen LogP contribution in [0.2, 0.25) is 0 Å². The number of carbonyl (C=O) groups is 3. The van der Waals surface area contributed by atoms with Gasteiger partial charge in [-0.3, -0.25) is 9.59 Å². The van der Waals surface area contributed by atoms with Crippen molar-refractivity contribution in [2.75, 3.05) is 19.7 Å². The topological polar surface area (TPSA) is 123 Å². The Kier molecular flexibility index (Phi) is 9.66. The van der Waals surface area contributed by atoms with E-state index in [1.165, 1.54) is 5.56 Å². The molecule has 9 heteroatoms. The molecule has 3 amide bonds. The summed E-state index contributed by atoms with van der Waals surface area (Å²) in [5.74, 6) is -0.596. The molecule has 3 aromatic rings. The zero-order valence-electron chi connectivity index (χ0n) is 25.5. The number of nitrogens with zero attached hydrogens (tertiary/aromatic N) is 1. The molecule has 1 aliphatic heterocycles. The number of piperidine rings is 1. The van der Waals surface area contributed by atoms with E-state index in [-0.39, 0.29) is 30.6 Å². The van der Waals surface area contributed by atoms with Gasteiger partial charge in [0.15, 0.2) is 0 Å². The lowest BCUT2D eigenvalue weighted by atomic mass is 9.73. The standard InChI is InChI=1S/C35H42N4O5/c1-34(2,36)32(41)37-30(24-43-22-25-11-5-3-6-12-25)31(40)39-19-17-35(18-20-39)21-29(27-15-9-10-16-28(27)35)38-33(42)44-23-26-13-7-4-8-14-26/h3-16,29-30H,17-24,36H2,1-2H3,(H,37,41)(H,38,42)/t29?,30-/m1/s1. The fraction of sp³-hybridized carbons (Fsp3) is 0.400. The molecule has 5 rings (SSSR count). The first-order valence-electron chi connectivity index (χ1n) is 15.2. The molecule has 232 valence electrons. The molecule has 44 heavy (non-hydrogen) atoms. The van der Waals surface area contributed by atoms with Gasteiger partial charge in [-0.2, -0.15) is 0 Å². The number of carbonyl (C=O) groups excluding carboxylic acids is 3. The van der Waals surface area contributed by atoms with Crippen molar-refractivity contribution in [3.8, 4) is 0 Å². The number of hydrogen-bond acceptors (Lipinski definition) is 6. The number of nitrogens with one attached hydrogen (secondary N) is 2. The molecule has 2 atom stereocenters. The molecule has 0 saturated carbocycles. The highest BCUT2D eigenvalue weighted by molar-refractivity contribution is 5.91. The molecule has 1 unspecified atom stereocenters. The van der Waals surface area contributed by atoms with Crippen molar-refractivity contribution >= 4 is 17.9 Å². The predicted octanol–water partition coefficient (Wildman–Crippen LogP) is 4.36. The molecule has 1 fully saturated rings. The van der Waals surface area contributed by atoms with Crippen LogP contribution in [-0.4, -0.2) is 54.1 Å². The largest absolute Gasteiger partial charge is 0.445 e. The summed E-state index contributed by atoms with van der Waals surface area (Å²) in [5.41, 5.74) is 8.93. The highest BCUT2D eigenvalue weighted by Crippen LogP contribution is 2.50. The highest BCUT2D eigenvalue weighted by atomic mass is 16.5. The van der Waals surface area contributed by atoms with Crippen LogP contribution in [0.5, 0.6) is 0 Å². The normalized spacial score (nSPS) is 17.9. The van der Waals surface area contributed by atoms with Crippen molar-refractivity contribution in [3.63, 3.8) is 0 Å². The second kappa shape index (κ2) is 13.6. The number of benzene rings is 3. The Morgan fingerprint density at radius 1 is 0.909 bits per heavy atom. The van der Waals surface area contributed by atoms with Crippen molar-refractivity contribution in [2.24, 2.45) is 5.73 Å². The third-order valence-corrected chi connectivity index (χ3v) is 8.62. The zero-order valence-corrected chi connectivity index (χ0v) is 25.5. The summed E-state index contributed by atoms with van der Waals surface area (Å²) in [4.78, 5) is 41.1. The van der Waals surface area contributed by atoms with E-state index in [9.17, 15) is 14.4 Å². The van der Waals surface area contributed by atoms with Crippen LogP contribution in [0.3, 0.4) is 0 Å². The number of ether oxygens (including phenoxy) is 2. The number of fused-ring (bicyclic) bond motifs is 2. The maximum absolute atomic E-state index is 13.8. The summed E-state index contributed by atoms with van der Waals surface area (Å²) >= 11 is 0. The fourth-order valence-corrected chi connectivity index (χ4v) is 6.17. The van der Waals surface area contributed by atoms with Gasteiger partial charge >= 0.3 is 6.09 Å². The van der Waals surface area contributed by atoms with Gasteiger partial charge in [0.05, 0.1) is 24.8 Å². The summed E-state index contributed by atoms with van der Waals surface area (Å²) < 4.78 is 11.4. The first-order chi connectivity index (χ1) is 21.1. The van der Waals surface area contributed by atoms with Crippen LogP contribution in [-0.2, 0) is 37.7 Å². The molecule has 1 spiro atoms. The Labute approximate surface area is 259 Å². The van der Waals surface area contributed by atoms with Gasteiger partial charge in [0.2, 0.25) is 11.8 Å². The van der Waals surface area contributed by atoms with Crippen LogP contribution in [0.4, 0.5) is 4.79 Å². The Morgan fingerprint density at radius 2 is 1.50 bits per heavy atom. The molecule has 0 bridgehead atoms. The van der Waals surface area contributed by atoms with Crippen molar-refractivity contribution in [1.82, 2.24) is 15.5 Å². The van der Waals surface area contributed by atoms with E-state index in [4.69, 9.17) is 15.2 Å². The Balaban J connectivity index is 1.22. The molecule has 0 aromatic heterocycles. The van der Waals surface area contributed by atoms with Crippen LogP contribution in [0, 0.1) is 0 Å². The van der Waals surface area contributed by atoms with E-state index < -0.39 is 23.6 Å². The van der Waals surface area contributed by atoms with Gasteiger partial charge in [0.25, 0.3) is 0 Å². The van der Waals surface area contributed by atoms with E-state index in [1.54, 1.807) is 13.8 Å². The molecule has 1 aliphatic carbocycles. The monoisotopic (exact) mass is 598 g/mol.